The lowest BCUT2D eigenvalue weighted by atomic mass is 9.98. The maximum Gasteiger partial charge on any atom is 0.230 e. The molecule has 2 aromatic heterocycles. The van der Waals surface area contributed by atoms with E-state index in [1.807, 2.05) is 24.4 Å². The van der Waals surface area contributed by atoms with E-state index in [9.17, 15) is 4.39 Å². The van der Waals surface area contributed by atoms with Crippen LogP contribution in [0, 0.1) is 0 Å². The molecule has 3 aromatic rings. The second-order valence-corrected chi connectivity index (χ2v) is 6.13. The fourth-order valence-electron chi connectivity index (χ4n) is 3.00. The Kier molecular flexibility index (Phi) is 4.15. The maximum atomic E-state index is 12.7. The van der Waals surface area contributed by atoms with Gasteiger partial charge in [-0.1, -0.05) is 23.9 Å². The van der Waals surface area contributed by atoms with E-state index in [4.69, 9.17) is 4.52 Å². The minimum Gasteiger partial charge on any atom is -0.339 e. The van der Waals surface area contributed by atoms with Crippen molar-refractivity contribution in [3.8, 4) is 11.4 Å². The van der Waals surface area contributed by atoms with Crippen molar-refractivity contribution in [1.29, 1.82) is 0 Å². The Labute approximate surface area is 144 Å². The van der Waals surface area contributed by atoms with Crippen LogP contribution in [0.5, 0.6) is 0 Å². The van der Waals surface area contributed by atoms with Gasteiger partial charge >= 0.3 is 0 Å². The topological polar surface area (TPSA) is 68.8 Å². The number of allylic oxidation sites excluding steroid dienone is 2. The molecule has 1 aromatic carbocycles. The lowest BCUT2D eigenvalue weighted by Gasteiger charge is -2.18. The molecule has 0 radical (unpaired) electrons. The Hall–Kier alpha value is -2.80. The summed E-state index contributed by atoms with van der Waals surface area (Å²) in [6.45, 7) is 5.15. The second-order valence-electron chi connectivity index (χ2n) is 6.13. The molecule has 4 rings (SSSR count). The minimum absolute atomic E-state index is 0.323. The van der Waals surface area contributed by atoms with E-state index in [1.54, 1.807) is 4.68 Å². The summed E-state index contributed by atoms with van der Waals surface area (Å²) in [5.41, 5.74) is 1.63. The van der Waals surface area contributed by atoms with Crippen LogP contribution in [0.2, 0.25) is 0 Å². The Balaban J connectivity index is 1.61. The molecule has 6 nitrogen and oxygen atoms in total. The van der Waals surface area contributed by atoms with Gasteiger partial charge < -0.3 is 9.84 Å². The van der Waals surface area contributed by atoms with Gasteiger partial charge in [-0.2, -0.15) is 10.1 Å². The van der Waals surface area contributed by atoms with Crippen LogP contribution in [-0.2, 0) is 0 Å². The molecule has 3 heterocycles. The Morgan fingerprint density at radius 2 is 2.20 bits per heavy atom. The van der Waals surface area contributed by atoms with E-state index in [-0.39, 0.29) is 0 Å². The smallest absolute Gasteiger partial charge is 0.230 e. The molecule has 1 aliphatic heterocycles. The van der Waals surface area contributed by atoms with Crippen LogP contribution in [0.25, 0.3) is 28.5 Å². The molecule has 1 aliphatic rings. The number of fused-ring (bicyclic) bond motifs is 1. The summed E-state index contributed by atoms with van der Waals surface area (Å²) in [5.74, 6) is 1.08. The lowest BCUT2D eigenvalue weighted by Crippen LogP contribution is -2.26. The summed E-state index contributed by atoms with van der Waals surface area (Å²) in [7, 11) is 0. The number of nitrogens with zero attached hydrogens (tertiary/aromatic N) is 4. The van der Waals surface area contributed by atoms with Crippen LogP contribution < -0.4 is 5.32 Å². The van der Waals surface area contributed by atoms with E-state index < -0.39 is 5.83 Å². The van der Waals surface area contributed by atoms with Gasteiger partial charge in [-0.05, 0) is 38.1 Å². The van der Waals surface area contributed by atoms with Crippen molar-refractivity contribution < 1.29 is 8.91 Å². The third-order valence-electron chi connectivity index (χ3n) is 4.32. The zero-order chi connectivity index (χ0) is 17.2. The molecule has 0 aliphatic carbocycles. The zero-order valence-electron chi connectivity index (χ0n) is 13.7. The van der Waals surface area contributed by atoms with Gasteiger partial charge in [0.1, 0.15) is 5.83 Å². The molecule has 7 heteroatoms. The molecule has 0 saturated carbocycles. The molecule has 1 fully saturated rings. The number of hydrogen-bond acceptors (Lipinski definition) is 5. The van der Waals surface area contributed by atoms with Gasteiger partial charge in [0.25, 0.3) is 0 Å². The number of benzene rings is 1. The predicted molar refractivity (Wildman–Crippen MR) is 93.4 cm³/mol. The predicted octanol–water partition coefficient (Wildman–Crippen LogP) is 3.51. The molecule has 0 spiro atoms. The van der Waals surface area contributed by atoms with Gasteiger partial charge in [-0.25, -0.2) is 9.07 Å². The summed E-state index contributed by atoms with van der Waals surface area (Å²) in [6.07, 6.45) is 6.62. The molecule has 128 valence electrons. The van der Waals surface area contributed by atoms with E-state index in [0.29, 0.717) is 17.6 Å². The Morgan fingerprint density at radius 1 is 1.36 bits per heavy atom. The fourth-order valence-corrected chi connectivity index (χ4v) is 3.00. The van der Waals surface area contributed by atoms with Crippen molar-refractivity contribution in [3.63, 3.8) is 0 Å². The van der Waals surface area contributed by atoms with Gasteiger partial charge in [0, 0.05) is 29.3 Å². The SMILES string of the molecule is C=C(F)/C=C/n1cc2ccc(-c3noc(C4CCNCC4)n3)cc2n1. The first kappa shape index (κ1) is 15.7. The van der Waals surface area contributed by atoms with E-state index in [2.05, 4.69) is 27.1 Å². The molecule has 25 heavy (non-hydrogen) atoms. The first-order chi connectivity index (χ1) is 12.2. The molecule has 0 bridgehead atoms. The quantitative estimate of drug-likeness (QED) is 0.737. The number of piperidine rings is 1. The normalized spacial score (nSPS) is 16.0. The summed E-state index contributed by atoms with van der Waals surface area (Å²) >= 11 is 0. The van der Waals surface area contributed by atoms with Crippen molar-refractivity contribution in [2.45, 2.75) is 18.8 Å². The third-order valence-corrected chi connectivity index (χ3v) is 4.32. The lowest BCUT2D eigenvalue weighted by molar-refractivity contribution is 0.320. The monoisotopic (exact) mass is 339 g/mol. The summed E-state index contributed by atoms with van der Waals surface area (Å²) in [6, 6.07) is 5.77. The van der Waals surface area contributed by atoms with Gasteiger partial charge in [0.15, 0.2) is 0 Å². The molecule has 0 atom stereocenters. The summed E-state index contributed by atoms with van der Waals surface area (Å²) in [4.78, 5) is 4.56. The summed E-state index contributed by atoms with van der Waals surface area (Å²) in [5, 5.41) is 12.8. The minimum atomic E-state index is -0.516. The van der Waals surface area contributed by atoms with Gasteiger partial charge in [-0.15, -0.1) is 0 Å². The van der Waals surface area contributed by atoms with Crippen LogP contribution in [0.15, 0.2) is 47.4 Å². The highest BCUT2D eigenvalue weighted by molar-refractivity contribution is 5.83. The average molecular weight is 339 g/mol. The van der Waals surface area contributed by atoms with E-state index in [1.165, 1.54) is 12.3 Å². The standard InChI is InChI=1S/C18H18FN5O/c1-12(19)6-9-24-11-15-3-2-14(10-16(15)22-24)17-21-18(25-23-17)13-4-7-20-8-5-13/h2-3,6,9-11,13,20H,1,4-5,7-8H2/b9-6+. The zero-order valence-corrected chi connectivity index (χ0v) is 13.7. The van der Waals surface area contributed by atoms with Crippen molar-refractivity contribution >= 4 is 17.1 Å². The van der Waals surface area contributed by atoms with Crippen LogP contribution in [0.4, 0.5) is 4.39 Å². The third kappa shape index (κ3) is 3.36. The molecule has 1 saturated heterocycles. The highest BCUT2D eigenvalue weighted by atomic mass is 19.1. The summed E-state index contributed by atoms with van der Waals surface area (Å²) < 4.78 is 19.7. The van der Waals surface area contributed by atoms with Crippen molar-refractivity contribution in [3.05, 3.63) is 48.8 Å². The van der Waals surface area contributed by atoms with Gasteiger partial charge in [0.2, 0.25) is 11.7 Å². The van der Waals surface area contributed by atoms with Gasteiger partial charge in [0.05, 0.1) is 5.52 Å². The number of nitrogens with one attached hydrogen (secondary N) is 1. The van der Waals surface area contributed by atoms with E-state index in [0.717, 1.165) is 42.4 Å². The number of halogens is 1. The Morgan fingerprint density at radius 3 is 3.00 bits per heavy atom. The van der Waals surface area contributed by atoms with Crippen LogP contribution in [0.3, 0.4) is 0 Å². The van der Waals surface area contributed by atoms with Crippen LogP contribution >= 0.6 is 0 Å². The fraction of sp³-hybridized carbons (Fsp3) is 0.278. The maximum absolute atomic E-state index is 12.7. The number of aromatic nitrogens is 4. The first-order valence-electron chi connectivity index (χ1n) is 8.25. The molecule has 0 unspecified atom stereocenters. The van der Waals surface area contributed by atoms with Crippen LogP contribution in [0.1, 0.15) is 24.7 Å². The van der Waals surface area contributed by atoms with Gasteiger partial charge in [-0.3, -0.25) is 0 Å². The van der Waals surface area contributed by atoms with Crippen molar-refractivity contribution in [2.24, 2.45) is 0 Å². The van der Waals surface area contributed by atoms with Crippen LogP contribution in [-0.4, -0.2) is 33.0 Å². The average Bonchev–Trinajstić information content (AvgIpc) is 3.27. The molecule has 0 amide bonds. The highest BCUT2D eigenvalue weighted by Gasteiger charge is 2.21. The Bertz CT molecular complexity index is 936. The highest BCUT2D eigenvalue weighted by Crippen LogP contribution is 2.27. The van der Waals surface area contributed by atoms with E-state index >= 15 is 0 Å². The molecule has 1 N–H and O–H groups in total. The van der Waals surface area contributed by atoms with Crippen molar-refractivity contribution in [1.82, 2.24) is 25.2 Å². The molecular formula is C18H18FN5O. The second kappa shape index (κ2) is 6.60. The number of rotatable bonds is 4. The first-order valence-corrected chi connectivity index (χ1v) is 8.25. The largest absolute Gasteiger partial charge is 0.339 e. The molecular weight excluding hydrogens is 321 g/mol. The van der Waals surface area contributed by atoms with Crippen molar-refractivity contribution in [2.75, 3.05) is 13.1 Å². The number of hydrogen-bond donors (Lipinski definition) is 1.